The summed E-state index contributed by atoms with van der Waals surface area (Å²) in [5.74, 6) is -1.59. The Kier molecular flexibility index (Phi) is 4.54. The Labute approximate surface area is 127 Å². The molecule has 22 heavy (non-hydrogen) atoms. The molecule has 0 aliphatic heterocycles. The maximum atomic E-state index is 13.7. The molecule has 0 heterocycles. The largest absolute Gasteiger partial charge is 0.242 e. The molecule has 1 atom stereocenters. The molecule has 2 aromatic rings. The van der Waals surface area contributed by atoms with Crippen molar-refractivity contribution in [1.29, 1.82) is 5.26 Å². The summed E-state index contributed by atoms with van der Waals surface area (Å²) < 4.78 is 53.5. The van der Waals surface area contributed by atoms with E-state index in [-0.39, 0.29) is 16.0 Å². The Morgan fingerprint density at radius 2 is 1.86 bits per heavy atom. The molecule has 0 radical (unpaired) electrons. The first-order valence-corrected chi connectivity index (χ1v) is 7.80. The molecule has 7 heteroatoms. The van der Waals surface area contributed by atoms with Crippen molar-refractivity contribution < 1.29 is 17.2 Å². The molecular weight excluding hydrogens is 310 g/mol. The van der Waals surface area contributed by atoms with Crippen LogP contribution in [0.3, 0.4) is 0 Å². The van der Waals surface area contributed by atoms with Gasteiger partial charge in [0.2, 0.25) is 10.0 Å². The van der Waals surface area contributed by atoms with Gasteiger partial charge in [0.15, 0.2) is 0 Å². The van der Waals surface area contributed by atoms with Gasteiger partial charge in [-0.2, -0.15) is 5.26 Å². The zero-order chi connectivity index (χ0) is 16.3. The molecule has 0 saturated carbocycles. The van der Waals surface area contributed by atoms with E-state index < -0.39 is 27.7 Å². The minimum Gasteiger partial charge on any atom is -0.207 e. The van der Waals surface area contributed by atoms with E-state index in [1.165, 1.54) is 31.2 Å². The summed E-state index contributed by atoms with van der Waals surface area (Å²) in [5, 5.41) is 8.96. The average molecular weight is 322 g/mol. The summed E-state index contributed by atoms with van der Waals surface area (Å²) in [6, 6.07) is 9.46. The normalized spacial score (nSPS) is 12.6. The smallest absolute Gasteiger partial charge is 0.207 e. The van der Waals surface area contributed by atoms with Crippen molar-refractivity contribution in [3.8, 4) is 6.07 Å². The number of nitrogens with one attached hydrogen (secondary N) is 1. The highest BCUT2D eigenvalue weighted by atomic mass is 32.2. The molecule has 4 nitrogen and oxygen atoms in total. The number of hydrogen-bond donors (Lipinski definition) is 1. The summed E-state index contributed by atoms with van der Waals surface area (Å²) in [6.07, 6.45) is 0. The van der Waals surface area contributed by atoms with Crippen molar-refractivity contribution in [2.45, 2.75) is 17.9 Å². The molecule has 0 aliphatic carbocycles. The zero-order valence-corrected chi connectivity index (χ0v) is 12.4. The number of benzene rings is 2. The summed E-state index contributed by atoms with van der Waals surface area (Å²) in [6.45, 7) is 1.43. The van der Waals surface area contributed by atoms with Gasteiger partial charge in [-0.25, -0.2) is 21.9 Å². The van der Waals surface area contributed by atoms with Crippen molar-refractivity contribution in [3.05, 3.63) is 65.2 Å². The molecule has 0 aliphatic rings. The fourth-order valence-corrected chi connectivity index (χ4v) is 3.39. The van der Waals surface area contributed by atoms with Crippen LogP contribution >= 0.6 is 0 Å². The van der Waals surface area contributed by atoms with Crippen LogP contribution in [-0.2, 0) is 10.0 Å². The van der Waals surface area contributed by atoms with E-state index >= 15 is 0 Å². The molecule has 0 bridgehead atoms. The second kappa shape index (κ2) is 6.22. The molecule has 0 fully saturated rings. The van der Waals surface area contributed by atoms with Gasteiger partial charge in [-0.3, -0.25) is 0 Å². The standard InChI is InChI=1S/C15H12F2N2O2S/c1-10(13-7-6-12(16)8-14(13)17)19-22(20,21)15-5-3-2-4-11(15)9-18/h2-8,10,19H,1H3/t10-/m0/s1. The monoisotopic (exact) mass is 322 g/mol. The lowest BCUT2D eigenvalue weighted by molar-refractivity contribution is 0.540. The van der Waals surface area contributed by atoms with E-state index in [0.717, 1.165) is 6.07 Å². The van der Waals surface area contributed by atoms with Crippen LogP contribution in [0.5, 0.6) is 0 Å². The van der Waals surface area contributed by atoms with Gasteiger partial charge in [-0.15, -0.1) is 0 Å². The van der Waals surface area contributed by atoms with Gasteiger partial charge >= 0.3 is 0 Å². The van der Waals surface area contributed by atoms with Gasteiger partial charge in [-0.05, 0) is 25.1 Å². The lowest BCUT2D eigenvalue weighted by Crippen LogP contribution is -2.28. The number of nitriles is 1. The van der Waals surface area contributed by atoms with E-state index in [1.807, 2.05) is 0 Å². The van der Waals surface area contributed by atoms with Crippen LogP contribution in [0.2, 0.25) is 0 Å². The van der Waals surface area contributed by atoms with Crippen LogP contribution in [0.4, 0.5) is 8.78 Å². The predicted octanol–water partition coefficient (Wildman–Crippen LogP) is 2.88. The van der Waals surface area contributed by atoms with Crippen molar-refractivity contribution in [3.63, 3.8) is 0 Å². The lowest BCUT2D eigenvalue weighted by Gasteiger charge is -2.16. The highest BCUT2D eigenvalue weighted by molar-refractivity contribution is 7.89. The van der Waals surface area contributed by atoms with E-state index in [1.54, 1.807) is 12.1 Å². The van der Waals surface area contributed by atoms with Gasteiger partial charge in [0, 0.05) is 17.7 Å². The maximum absolute atomic E-state index is 13.7. The number of rotatable bonds is 4. The first-order valence-electron chi connectivity index (χ1n) is 6.31. The molecule has 0 aromatic heterocycles. The highest BCUT2D eigenvalue weighted by Gasteiger charge is 2.22. The van der Waals surface area contributed by atoms with E-state index in [0.29, 0.717) is 6.07 Å². The molecule has 0 amide bonds. The Hall–Kier alpha value is -2.30. The minimum atomic E-state index is -4.01. The molecule has 1 N–H and O–H groups in total. The summed E-state index contributed by atoms with van der Waals surface area (Å²) in [7, 11) is -4.01. The van der Waals surface area contributed by atoms with Crippen LogP contribution in [0.25, 0.3) is 0 Å². The number of nitrogens with zero attached hydrogens (tertiary/aromatic N) is 1. The van der Waals surface area contributed by atoms with Crippen LogP contribution in [0.1, 0.15) is 24.1 Å². The molecule has 114 valence electrons. The molecule has 2 aromatic carbocycles. The van der Waals surface area contributed by atoms with Crippen LogP contribution < -0.4 is 4.72 Å². The molecule has 0 saturated heterocycles. The van der Waals surface area contributed by atoms with Gasteiger partial charge in [0.05, 0.1) is 10.5 Å². The van der Waals surface area contributed by atoms with Gasteiger partial charge < -0.3 is 0 Å². The van der Waals surface area contributed by atoms with Crippen molar-refractivity contribution >= 4 is 10.0 Å². The lowest BCUT2D eigenvalue weighted by atomic mass is 10.1. The Morgan fingerprint density at radius 3 is 2.50 bits per heavy atom. The fourth-order valence-electron chi connectivity index (χ4n) is 2.01. The predicted molar refractivity (Wildman–Crippen MR) is 76.3 cm³/mol. The quantitative estimate of drug-likeness (QED) is 0.941. The third-order valence-electron chi connectivity index (χ3n) is 3.06. The number of halogens is 2. The van der Waals surface area contributed by atoms with Crippen LogP contribution in [0, 0.1) is 23.0 Å². The molecule has 0 unspecified atom stereocenters. The van der Waals surface area contributed by atoms with E-state index in [2.05, 4.69) is 4.72 Å². The molecule has 0 spiro atoms. The maximum Gasteiger partial charge on any atom is 0.242 e. The zero-order valence-electron chi connectivity index (χ0n) is 11.5. The molecule has 2 rings (SSSR count). The van der Waals surface area contributed by atoms with E-state index in [4.69, 9.17) is 5.26 Å². The minimum absolute atomic E-state index is 0.0122. The van der Waals surface area contributed by atoms with Gasteiger partial charge in [0.1, 0.15) is 17.7 Å². The van der Waals surface area contributed by atoms with Gasteiger partial charge in [0.25, 0.3) is 0 Å². The third-order valence-corrected chi connectivity index (χ3v) is 4.66. The van der Waals surface area contributed by atoms with Gasteiger partial charge in [-0.1, -0.05) is 18.2 Å². The van der Waals surface area contributed by atoms with Crippen molar-refractivity contribution in [2.24, 2.45) is 0 Å². The third kappa shape index (κ3) is 3.30. The molecular formula is C15H12F2N2O2S. The average Bonchev–Trinajstić information content (AvgIpc) is 2.46. The first-order chi connectivity index (χ1) is 10.3. The van der Waals surface area contributed by atoms with E-state index in [9.17, 15) is 17.2 Å². The highest BCUT2D eigenvalue weighted by Crippen LogP contribution is 2.21. The SMILES string of the molecule is C[C@H](NS(=O)(=O)c1ccccc1C#N)c1ccc(F)cc1F. The number of hydrogen-bond acceptors (Lipinski definition) is 3. The summed E-state index contributed by atoms with van der Waals surface area (Å²) in [5.41, 5.74) is 0.00110. The summed E-state index contributed by atoms with van der Waals surface area (Å²) in [4.78, 5) is -0.188. The second-order valence-electron chi connectivity index (χ2n) is 4.62. The Balaban J connectivity index is 2.34. The topological polar surface area (TPSA) is 70.0 Å². The summed E-state index contributed by atoms with van der Waals surface area (Å²) >= 11 is 0. The van der Waals surface area contributed by atoms with Crippen molar-refractivity contribution in [2.75, 3.05) is 0 Å². The van der Waals surface area contributed by atoms with Crippen LogP contribution in [0.15, 0.2) is 47.4 Å². The number of sulfonamides is 1. The fraction of sp³-hybridized carbons (Fsp3) is 0.133. The second-order valence-corrected chi connectivity index (χ2v) is 6.30. The Morgan fingerprint density at radius 1 is 1.18 bits per heavy atom. The Bertz CT molecular complexity index is 845. The van der Waals surface area contributed by atoms with Crippen LogP contribution in [-0.4, -0.2) is 8.42 Å². The first kappa shape index (κ1) is 16.1. The van der Waals surface area contributed by atoms with Crippen molar-refractivity contribution in [1.82, 2.24) is 4.72 Å².